The van der Waals surface area contributed by atoms with Crippen molar-refractivity contribution in [3.63, 3.8) is 0 Å². The lowest BCUT2D eigenvalue weighted by Crippen LogP contribution is -2.15. The number of para-hydroxylation sites is 1. The molecule has 0 aromatic heterocycles. The minimum Gasteiger partial charge on any atom is -0.396 e. The molecule has 0 heterocycles. The van der Waals surface area contributed by atoms with E-state index in [-0.39, 0.29) is 22.0 Å². The van der Waals surface area contributed by atoms with Crippen molar-refractivity contribution in [2.75, 3.05) is 11.1 Å². The van der Waals surface area contributed by atoms with Gasteiger partial charge in [-0.25, -0.2) is 8.78 Å². The van der Waals surface area contributed by atoms with Crippen LogP contribution in [0.4, 0.5) is 20.2 Å². The van der Waals surface area contributed by atoms with Crippen LogP contribution in [0, 0.1) is 11.6 Å². The lowest BCUT2D eigenvalue weighted by atomic mass is 10.1. The van der Waals surface area contributed by atoms with E-state index in [1.807, 2.05) is 0 Å². The predicted octanol–water partition coefficient (Wildman–Crippen LogP) is 3.45. The molecule has 0 spiro atoms. The Bertz CT molecular complexity index is 647. The molecule has 0 atom stereocenters. The topological polar surface area (TPSA) is 55.1 Å². The predicted molar refractivity (Wildman–Crippen MR) is 70.2 cm³/mol. The number of hydrogen-bond donors (Lipinski definition) is 2. The van der Waals surface area contributed by atoms with E-state index in [1.54, 1.807) is 0 Å². The molecule has 0 radical (unpaired) electrons. The molecule has 2 aromatic rings. The lowest BCUT2D eigenvalue weighted by molar-refractivity contribution is 0.102. The molecule has 19 heavy (non-hydrogen) atoms. The molecule has 2 rings (SSSR count). The molecule has 6 heteroatoms. The fraction of sp³-hybridized carbons (Fsp3) is 0. The molecule has 0 aliphatic rings. The molecule has 98 valence electrons. The first-order valence-corrected chi connectivity index (χ1v) is 5.67. The molecular formula is C13H9ClF2N2O. The summed E-state index contributed by atoms with van der Waals surface area (Å²) >= 11 is 5.70. The second-order valence-electron chi connectivity index (χ2n) is 3.78. The number of nitrogens with one attached hydrogen (secondary N) is 1. The number of anilines is 2. The van der Waals surface area contributed by atoms with Crippen molar-refractivity contribution >= 4 is 28.9 Å². The summed E-state index contributed by atoms with van der Waals surface area (Å²) in [6.07, 6.45) is 0. The van der Waals surface area contributed by atoms with Crippen molar-refractivity contribution in [2.24, 2.45) is 0 Å². The molecule has 0 aliphatic carbocycles. The van der Waals surface area contributed by atoms with Gasteiger partial charge >= 0.3 is 0 Å². The summed E-state index contributed by atoms with van der Waals surface area (Å²) in [5.74, 6) is -2.06. The third-order valence-electron chi connectivity index (χ3n) is 2.47. The zero-order chi connectivity index (χ0) is 14.0. The number of carbonyl (C=O) groups is 1. The first kappa shape index (κ1) is 13.3. The summed E-state index contributed by atoms with van der Waals surface area (Å²) in [6.45, 7) is 0. The first-order chi connectivity index (χ1) is 8.99. The second-order valence-corrected chi connectivity index (χ2v) is 4.22. The van der Waals surface area contributed by atoms with E-state index < -0.39 is 17.5 Å². The molecule has 1 amide bonds. The minimum absolute atomic E-state index is 0.0700. The Morgan fingerprint density at radius 3 is 2.63 bits per heavy atom. The van der Waals surface area contributed by atoms with Crippen molar-refractivity contribution in [1.82, 2.24) is 0 Å². The molecule has 0 saturated heterocycles. The monoisotopic (exact) mass is 282 g/mol. The molecule has 3 nitrogen and oxygen atoms in total. The van der Waals surface area contributed by atoms with Crippen molar-refractivity contribution in [2.45, 2.75) is 0 Å². The molecule has 0 unspecified atom stereocenters. The number of halogens is 3. The molecule has 2 aromatic carbocycles. The minimum atomic E-state index is -0.710. The average Bonchev–Trinajstić information content (AvgIpc) is 2.37. The fourth-order valence-corrected chi connectivity index (χ4v) is 1.69. The third-order valence-corrected chi connectivity index (χ3v) is 2.71. The summed E-state index contributed by atoms with van der Waals surface area (Å²) in [5.41, 5.74) is 4.99. The van der Waals surface area contributed by atoms with Gasteiger partial charge in [-0.05, 0) is 30.3 Å². The Morgan fingerprint density at radius 1 is 1.16 bits per heavy atom. The smallest absolute Gasteiger partial charge is 0.257 e. The quantitative estimate of drug-likeness (QED) is 0.829. The maximum Gasteiger partial charge on any atom is 0.257 e. The summed E-state index contributed by atoms with van der Waals surface area (Å²) in [4.78, 5) is 11.9. The number of carbonyl (C=O) groups excluding carboxylic acids is 1. The van der Waals surface area contributed by atoms with Crippen molar-refractivity contribution in [3.05, 3.63) is 58.6 Å². The number of hydrogen-bond acceptors (Lipinski definition) is 2. The van der Waals surface area contributed by atoms with E-state index in [9.17, 15) is 13.6 Å². The van der Waals surface area contributed by atoms with E-state index in [0.717, 1.165) is 12.1 Å². The summed E-state index contributed by atoms with van der Waals surface area (Å²) < 4.78 is 26.7. The van der Waals surface area contributed by atoms with Gasteiger partial charge in [-0.2, -0.15) is 0 Å². The highest BCUT2D eigenvalue weighted by atomic mass is 35.5. The third kappa shape index (κ3) is 2.82. The number of rotatable bonds is 2. The van der Waals surface area contributed by atoms with E-state index in [1.165, 1.54) is 24.3 Å². The largest absolute Gasteiger partial charge is 0.396 e. The molecule has 0 fully saturated rings. The Morgan fingerprint density at radius 2 is 1.89 bits per heavy atom. The van der Waals surface area contributed by atoms with Gasteiger partial charge in [0.25, 0.3) is 5.91 Å². The summed E-state index contributed by atoms with van der Waals surface area (Å²) in [6, 6.07) is 7.54. The highest BCUT2D eigenvalue weighted by Gasteiger charge is 2.14. The van der Waals surface area contributed by atoms with Crippen LogP contribution in [-0.2, 0) is 0 Å². The van der Waals surface area contributed by atoms with Crippen molar-refractivity contribution in [1.29, 1.82) is 0 Å². The molecular weight excluding hydrogens is 274 g/mol. The van der Waals surface area contributed by atoms with Gasteiger partial charge in [0.05, 0.1) is 16.9 Å². The zero-order valence-corrected chi connectivity index (χ0v) is 10.3. The van der Waals surface area contributed by atoms with Crippen LogP contribution >= 0.6 is 11.6 Å². The normalized spacial score (nSPS) is 10.3. The lowest BCUT2D eigenvalue weighted by Gasteiger charge is -2.09. The Labute approximate surface area is 113 Å². The van der Waals surface area contributed by atoms with Gasteiger partial charge in [-0.15, -0.1) is 0 Å². The average molecular weight is 283 g/mol. The number of benzene rings is 2. The van der Waals surface area contributed by atoms with Crippen LogP contribution in [0.15, 0.2) is 36.4 Å². The van der Waals surface area contributed by atoms with Crippen LogP contribution in [0.2, 0.25) is 5.02 Å². The van der Waals surface area contributed by atoms with Crippen LogP contribution < -0.4 is 11.1 Å². The van der Waals surface area contributed by atoms with Crippen LogP contribution in [0.1, 0.15) is 10.4 Å². The highest BCUT2D eigenvalue weighted by molar-refractivity contribution is 6.31. The van der Waals surface area contributed by atoms with E-state index in [4.69, 9.17) is 17.3 Å². The number of amides is 1. The molecule has 0 saturated carbocycles. The Kier molecular flexibility index (Phi) is 3.66. The molecule has 3 N–H and O–H groups in total. The highest BCUT2D eigenvalue weighted by Crippen LogP contribution is 2.22. The zero-order valence-electron chi connectivity index (χ0n) is 9.58. The molecule has 0 bridgehead atoms. The van der Waals surface area contributed by atoms with Gasteiger partial charge in [0, 0.05) is 5.02 Å². The van der Waals surface area contributed by atoms with Gasteiger partial charge in [-0.1, -0.05) is 17.7 Å². The van der Waals surface area contributed by atoms with E-state index in [0.29, 0.717) is 0 Å². The molecule has 0 aliphatic heterocycles. The standard InChI is InChI=1S/C13H9ClF2N2O/c14-7-4-5-9(15)11(6-7)18-13(19)8-2-1-3-10(16)12(8)17/h1-6H,17H2,(H,18,19). The Hall–Kier alpha value is -2.14. The van der Waals surface area contributed by atoms with Gasteiger partial charge in [0.2, 0.25) is 0 Å². The van der Waals surface area contributed by atoms with Crippen LogP contribution in [0.25, 0.3) is 0 Å². The van der Waals surface area contributed by atoms with Gasteiger partial charge in [0.15, 0.2) is 0 Å². The van der Waals surface area contributed by atoms with Crippen molar-refractivity contribution < 1.29 is 13.6 Å². The SMILES string of the molecule is Nc1c(F)cccc1C(=O)Nc1cc(Cl)ccc1F. The van der Waals surface area contributed by atoms with E-state index in [2.05, 4.69) is 5.32 Å². The summed E-state index contributed by atoms with van der Waals surface area (Å²) in [5, 5.41) is 2.56. The first-order valence-electron chi connectivity index (χ1n) is 5.29. The van der Waals surface area contributed by atoms with Crippen LogP contribution in [-0.4, -0.2) is 5.91 Å². The van der Waals surface area contributed by atoms with Gasteiger partial charge in [-0.3, -0.25) is 4.79 Å². The number of nitrogens with two attached hydrogens (primary N) is 1. The Balaban J connectivity index is 2.31. The maximum atomic E-state index is 13.4. The van der Waals surface area contributed by atoms with Gasteiger partial charge in [0.1, 0.15) is 11.6 Å². The van der Waals surface area contributed by atoms with Crippen molar-refractivity contribution in [3.8, 4) is 0 Å². The van der Waals surface area contributed by atoms with Gasteiger partial charge < -0.3 is 11.1 Å². The second kappa shape index (κ2) is 5.24. The van der Waals surface area contributed by atoms with Crippen LogP contribution in [0.3, 0.4) is 0 Å². The van der Waals surface area contributed by atoms with Crippen LogP contribution in [0.5, 0.6) is 0 Å². The maximum absolute atomic E-state index is 13.4. The van der Waals surface area contributed by atoms with E-state index >= 15 is 0 Å². The number of nitrogen functional groups attached to an aromatic ring is 1. The fourth-order valence-electron chi connectivity index (χ4n) is 1.52. The summed E-state index contributed by atoms with van der Waals surface area (Å²) in [7, 11) is 0.